The van der Waals surface area contributed by atoms with E-state index in [4.69, 9.17) is 14.0 Å². The molecule has 0 bridgehead atoms. The number of aromatic nitrogens is 2. The zero-order valence-corrected chi connectivity index (χ0v) is 17.4. The van der Waals surface area contributed by atoms with Gasteiger partial charge in [-0.3, -0.25) is 4.79 Å². The number of carbonyl (C=O) groups excluding carboxylic acids is 1. The summed E-state index contributed by atoms with van der Waals surface area (Å²) in [5.74, 6) is 2.81. The van der Waals surface area contributed by atoms with Crippen LogP contribution in [-0.4, -0.2) is 36.0 Å². The van der Waals surface area contributed by atoms with Crippen molar-refractivity contribution in [2.75, 3.05) is 25.3 Å². The van der Waals surface area contributed by atoms with Gasteiger partial charge in [0.15, 0.2) is 11.5 Å². The first-order chi connectivity index (χ1) is 14.1. The Bertz CT molecular complexity index is 957. The van der Waals surface area contributed by atoms with Crippen LogP contribution in [0.2, 0.25) is 0 Å². The predicted molar refractivity (Wildman–Crippen MR) is 113 cm³/mol. The Morgan fingerprint density at radius 1 is 1.10 bits per heavy atom. The molecule has 1 heterocycles. The highest BCUT2D eigenvalue weighted by Gasteiger charge is 2.13. The molecule has 0 fully saturated rings. The molecule has 2 aromatic carbocycles. The SMILES string of the molecule is CCc1ccc(NC(=O)CSCc2nc(-c3ccc(OC)c(OC)c3)no2)cc1. The van der Waals surface area contributed by atoms with Crippen LogP contribution in [0.25, 0.3) is 11.4 Å². The lowest BCUT2D eigenvalue weighted by Crippen LogP contribution is -2.14. The molecule has 0 saturated carbocycles. The molecule has 7 nitrogen and oxygen atoms in total. The summed E-state index contributed by atoms with van der Waals surface area (Å²) in [7, 11) is 3.15. The molecule has 0 saturated heterocycles. The van der Waals surface area contributed by atoms with Crippen molar-refractivity contribution in [2.24, 2.45) is 0 Å². The molecule has 0 unspecified atom stereocenters. The van der Waals surface area contributed by atoms with Gasteiger partial charge in [-0.1, -0.05) is 24.2 Å². The molecule has 0 spiro atoms. The van der Waals surface area contributed by atoms with Crippen molar-refractivity contribution in [1.82, 2.24) is 10.1 Å². The van der Waals surface area contributed by atoms with E-state index < -0.39 is 0 Å². The Balaban J connectivity index is 1.52. The van der Waals surface area contributed by atoms with Crippen LogP contribution in [0.15, 0.2) is 47.0 Å². The molecule has 1 amide bonds. The largest absolute Gasteiger partial charge is 0.493 e. The van der Waals surface area contributed by atoms with Gasteiger partial charge in [0, 0.05) is 11.3 Å². The first-order valence-electron chi connectivity index (χ1n) is 9.14. The second-order valence-corrected chi connectivity index (χ2v) is 7.16. The lowest BCUT2D eigenvalue weighted by Gasteiger charge is -2.07. The molecule has 29 heavy (non-hydrogen) atoms. The summed E-state index contributed by atoms with van der Waals surface area (Å²) in [4.78, 5) is 16.5. The number of aryl methyl sites for hydroxylation is 1. The van der Waals surface area contributed by atoms with E-state index in [-0.39, 0.29) is 5.91 Å². The number of nitrogens with one attached hydrogen (secondary N) is 1. The molecule has 0 atom stereocenters. The number of thioether (sulfide) groups is 1. The van der Waals surface area contributed by atoms with Gasteiger partial charge in [-0.25, -0.2) is 0 Å². The number of ether oxygens (including phenoxy) is 2. The standard InChI is InChI=1S/C21H23N3O4S/c1-4-14-5-8-16(9-6-14)22-19(25)12-29-13-20-23-21(24-28-20)15-7-10-17(26-2)18(11-15)27-3/h5-11H,4,12-13H2,1-3H3,(H,22,25). The molecule has 0 aliphatic heterocycles. The smallest absolute Gasteiger partial charge is 0.236 e. The highest BCUT2D eigenvalue weighted by Crippen LogP contribution is 2.31. The van der Waals surface area contributed by atoms with Gasteiger partial charge in [-0.15, -0.1) is 11.8 Å². The van der Waals surface area contributed by atoms with Crippen molar-refractivity contribution < 1.29 is 18.8 Å². The third kappa shape index (κ3) is 5.51. The van der Waals surface area contributed by atoms with Gasteiger partial charge >= 0.3 is 0 Å². The zero-order chi connectivity index (χ0) is 20.6. The van der Waals surface area contributed by atoms with Crippen LogP contribution in [0.5, 0.6) is 11.5 Å². The molecule has 1 aromatic heterocycles. The maximum absolute atomic E-state index is 12.1. The molecule has 3 rings (SSSR count). The second-order valence-electron chi connectivity index (χ2n) is 6.17. The average Bonchev–Trinajstić information content (AvgIpc) is 3.22. The van der Waals surface area contributed by atoms with E-state index in [0.717, 1.165) is 17.7 Å². The fourth-order valence-electron chi connectivity index (χ4n) is 2.66. The monoisotopic (exact) mass is 413 g/mol. The number of nitrogens with zero attached hydrogens (tertiary/aromatic N) is 2. The number of amides is 1. The fraction of sp³-hybridized carbons (Fsp3) is 0.286. The van der Waals surface area contributed by atoms with Gasteiger partial charge in [-0.2, -0.15) is 4.98 Å². The molecule has 0 aliphatic carbocycles. The minimum Gasteiger partial charge on any atom is -0.493 e. The van der Waals surface area contributed by atoms with Gasteiger partial charge in [0.25, 0.3) is 0 Å². The summed E-state index contributed by atoms with van der Waals surface area (Å²) in [6, 6.07) is 13.3. The summed E-state index contributed by atoms with van der Waals surface area (Å²) < 4.78 is 15.8. The number of benzene rings is 2. The Labute approximate surface area is 173 Å². The van der Waals surface area contributed by atoms with Crippen LogP contribution in [0, 0.1) is 0 Å². The van der Waals surface area contributed by atoms with Crippen molar-refractivity contribution in [3.8, 4) is 22.9 Å². The summed E-state index contributed by atoms with van der Waals surface area (Å²) in [6.45, 7) is 2.10. The van der Waals surface area contributed by atoms with E-state index in [9.17, 15) is 4.79 Å². The molecule has 152 valence electrons. The average molecular weight is 413 g/mol. The quantitative estimate of drug-likeness (QED) is 0.563. The fourth-order valence-corrected chi connectivity index (χ4v) is 3.31. The first kappa shape index (κ1) is 20.7. The number of rotatable bonds is 9. The molecular weight excluding hydrogens is 390 g/mol. The summed E-state index contributed by atoms with van der Waals surface area (Å²) in [5, 5.41) is 6.88. The summed E-state index contributed by atoms with van der Waals surface area (Å²) in [6.07, 6.45) is 0.972. The van der Waals surface area contributed by atoms with E-state index in [1.165, 1.54) is 17.3 Å². The molecule has 8 heteroatoms. The highest BCUT2D eigenvalue weighted by molar-refractivity contribution is 7.99. The third-order valence-corrected chi connectivity index (χ3v) is 5.13. The van der Waals surface area contributed by atoms with Crippen molar-refractivity contribution in [2.45, 2.75) is 19.1 Å². The van der Waals surface area contributed by atoms with Crippen LogP contribution in [0.4, 0.5) is 5.69 Å². The second kappa shape index (κ2) is 9.97. The van der Waals surface area contributed by atoms with Gasteiger partial charge in [0.05, 0.1) is 25.7 Å². The molecule has 3 aromatic rings. The van der Waals surface area contributed by atoms with E-state index in [0.29, 0.717) is 34.7 Å². The molecule has 0 radical (unpaired) electrons. The number of hydrogen-bond donors (Lipinski definition) is 1. The lowest BCUT2D eigenvalue weighted by atomic mass is 10.1. The topological polar surface area (TPSA) is 86.5 Å². The Morgan fingerprint density at radius 3 is 2.55 bits per heavy atom. The Kier molecular flexibility index (Phi) is 7.13. The number of hydrogen-bond acceptors (Lipinski definition) is 7. The van der Waals surface area contributed by atoms with E-state index in [1.807, 2.05) is 30.3 Å². The van der Waals surface area contributed by atoms with Crippen LogP contribution < -0.4 is 14.8 Å². The highest BCUT2D eigenvalue weighted by atomic mass is 32.2. The first-order valence-corrected chi connectivity index (χ1v) is 10.3. The normalized spacial score (nSPS) is 10.6. The summed E-state index contributed by atoms with van der Waals surface area (Å²) in [5.41, 5.74) is 2.79. The maximum atomic E-state index is 12.1. The van der Waals surface area contributed by atoms with Crippen molar-refractivity contribution in [1.29, 1.82) is 0 Å². The van der Waals surface area contributed by atoms with Gasteiger partial charge < -0.3 is 19.3 Å². The summed E-state index contributed by atoms with van der Waals surface area (Å²) >= 11 is 1.41. The van der Waals surface area contributed by atoms with Crippen LogP contribution in [-0.2, 0) is 17.0 Å². The van der Waals surface area contributed by atoms with Crippen LogP contribution in [0.3, 0.4) is 0 Å². The van der Waals surface area contributed by atoms with Crippen molar-refractivity contribution in [3.05, 3.63) is 53.9 Å². The lowest BCUT2D eigenvalue weighted by molar-refractivity contribution is -0.113. The third-order valence-electron chi connectivity index (χ3n) is 4.21. The number of methoxy groups -OCH3 is 2. The zero-order valence-electron chi connectivity index (χ0n) is 16.6. The Morgan fingerprint density at radius 2 is 1.86 bits per heavy atom. The number of anilines is 1. The van der Waals surface area contributed by atoms with Gasteiger partial charge in [0.2, 0.25) is 17.6 Å². The van der Waals surface area contributed by atoms with Crippen molar-refractivity contribution in [3.63, 3.8) is 0 Å². The Hall–Kier alpha value is -3.00. The van der Waals surface area contributed by atoms with Crippen molar-refractivity contribution >= 4 is 23.4 Å². The molecule has 1 N–H and O–H groups in total. The minimum atomic E-state index is -0.0705. The molecule has 0 aliphatic rings. The van der Waals surface area contributed by atoms with E-state index in [2.05, 4.69) is 22.4 Å². The van der Waals surface area contributed by atoms with Gasteiger partial charge in [0.1, 0.15) is 0 Å². The van der Waals surface area contributed by atoms with E-state index in [1.54, 1.807) is 26.4 Å². The predicted octanol–water partition coefficient (Wildman–Crippen LogP) is 4.19. The van der Waals surface area contributed by atoms with Crippen LogP contribution >= 0.6 is 11.8 Å². The number of carbonyl (C=O) groups is 1. The van der Waals surface area contributed by atoms with E-state index >= 15 is 0 Å². The maximum Gasteiger partial charge on any atom is 0.236 e. The van der Waals surface area contributed by atoms with Crippen LogP contribution in [0.1, 0.15) is 18.4 Å². The minimum absolute atomic E-state index is 0.0705. The molecular formula is C21H23N3O4S. The van der Waals surface area contributed by atoms with Gasteiger partial charge in [-0.05, 0) is 42.3 Å².